The van der Waals surface area contributed by atoms with Crippen molar-refractivity contribution in [1.82, 2.24) is 10.4 Å². The molecule has 2 rings (SSSR count). The minimum absolute atomic E-state index is 0.477. The van der Waals surface area contributed by atoms with Crippen molar-refractivity contribution in [3.63, 3.8) is 0 Å². The van der Waals surface area contributed by atoms with E-state index < -0.39 is 0 Å². The topological polar surface area (TPSA) is 49.3 Å². The third-order valence-corrected chi connectivity index (χ3v) is 3.55. The number of halogens is 1. The molecule has 1 aromatic carbocycles. The van der Waals surface area contributed by atoms with Crippen LogP contribution < -0.4 is 10.7 Å². The lowest BCUT2D eigenvalue weighted by atomic mass is 10.2. The number of benzene rings is 1. The number of nitrogens with one attached hydrogen (secondary N) is 2. The first-order valence-electron chi connectivity index (χ1n) is 6.51. The van der Waals surface area contributed by atoms with Gasteiger partial charge < -0.3 is 10.7 Å². The van der Waals surface area contributed by atoms with E-state index in [4.69, 9.17) is 23.8 Å². The molecule has 2 N–H and O–H groups in total. The van der Waals surface area contributed by atoms with Crippen molar-refractivity contribution in [1.29, 1.82) is 0 Å². The first-order chi connectivity index (χ1) is 10.6. The van der Waals surface area contributed by atoms with E-state index in [0.717, 1.165) is 22.7 Å². The summed E-state index contributed by atoms with van der Waals surface area (Å²) in [5.41, 5.74) is 6.08. The van der Waals surface area contributed by atoms with Crippen LogP contribution in [0.5, 0.6) is 0 Å². The maximum atomic E-state index is 5.86. The van der Waals surface area contributed by atoms with Crippen molar-refractivity contribution >= 4 is 52.8 Å². The molecule has 0 aliphatic carbocycles. The molecular formula is C15H15ClN4S2. The number of thiol groups is 1. The summed E-state index contributed by atoms with van der Waals surface area (Å²) in [6.45, 7) is 1.88. The number of hydrogen-bond donors (Lipinski definition) is 3. The fraction of sp³-hybridized carbons (Fsp3) is 0.133. The normalized spacial score (nSPS) is 11.1. The van der Waals surface area contributed by atoms with Crippen LogP contribution in [-0.4, -0.2) is 21.6 Å². The van der Waals surface area contributed by atoms with Crippen molar-refractivity contribution in [2.24, 2.45) is 5.10 Å². The second-order valence-corrected chi connectivity index (χ2v) is 5.57. The summed E-state index contributed by atoms with van der Waals surface area (Å²) in [6.07, 6.45) is 1.72. The quantitative estimate of drug-likeness (QED) is 0.253. The molecule has 114 valence electrons. The summed E-state index contributed by atoms with van der Waals surface area (Å²) in [4.78, 5) is 4.97. The average molecular weight is 351 g/mol. The zero-order chi connectivity index (χ0) is 15.9. The molecular weight excluding hydrogens is 336 g/mol. The van der Waals surface area contributed by atoms with Gasteiger partial charge in [0.25, 0.3) is 0 Å². The van der Waals surface area contributed by atoms with Crippen molar-refractivity contribution < 1.29 is 0 Å². The van der Waals surface area contributed by atoms with Crippen LogP contribution in [-0.2, 0) is 0 Å². The van der Waals surface area contributed by atoms with Crippen LogP contribution in [0.2, 0.25) is 5.02 Å². The molecule has 0 bridgehead atoms. The van der Waals surface area contributed by atoms with Gasteiger partial charge in [-0.3, -0.25) is 4.98 Å². The molecule has 2 aromatic rings. The molecule has 0 unspecified atom stereocenters. The highest BCUT2D eigenvalue weighted by Gasteiger charge is 2.04. The Kier molecular flexibility index (Phi) is 6.18. The summed E-state index contributed by atoms with van der Waals surface area (Å²) in [5.74, 6) is 0.477. The lowest BCUT2D eigenvalue weighted by molar-refractivity contribution is 0.873. The molecule has 1 aromatic heterocycles. The van der Waals surface area contributed by atoms with Gasteiger partial charge in [-0.15, -0.1) is 0 Å². The van der Waals surface area contributed by atoms with Crippen LogP contribution in [0.4, 0.5) is 5.69 Å². The summed E-state index contributed by atoms with van der Waals surface area (Å²) >= 11 is 15.3. The van der Waals surface area contributed by atoms with Crippen LogP contribution in [0, 0.1) is 0 Å². The molecule has 0 spiro atoms. The second kappa shape index (κ2) is 8.12. The van der Waals surface area contributed by atoms with Gasteiger partial charge in [0, 0.05) is 22.5 Å². The number of anilines is 1. The van der Waals surface area contributed by atoms with Crippen molar-refractivity contribution in [3.8, 4) is 0 Å². The molecule has 0 atom stereocenters. The van der Waals surface area contributed by atoms with Gasteiger partial charge in [0.15, 0.2) is 0 Å². The molecule has 0 fully saturated rings. The van der Waals surface area contributed by atoms with Gasteiger partial charge in [-0.05, 0) is 43.3 Å². The number of aromatic nitrogens is 1. The molecule has 0 saturated heterocycles. The second-order valence-electron chi connectivity index (χ2n) is 4.41. The highest BCUT2D eigenvalue weighted by molar-refractivity contribution is 7.81. The molecule has 4 nitrogen and oxygen atoms in total. The fourth-order valence-electron chi connectivity index (χ4n) is 1.69. The lowest BCUT2D eigenvalue weighted by Gasteiger charge is -2.08. The number of hydrogen-bond acceptors (Lipinski definition) is 5. The zero-order valence-corrected chi connectivity index (χ0v) is 14.3. The van der Waals surface area contributed by atoms with E-state index in [2.05, 4.69) is 33.5 Å². The Morgan fingerprint density at radius 2 is 2.00 bits per heavy atom. The number of hydrazone groups is 1. The van der Waals surface area contributed by atoms with E-state index in [9.17, 15) is 0 Å². The Morgan fingerprint density at radius 1 is 1.27 bits per heavy atom. The number of rotatable bonds is 5. The average Bonchev–Trinajstić information content (AvgIpc) is 2.55. The highest BCUT2D eigenvalue weighted by Crippen LogP contribution is 2.15. The minimum atomic E-state index is 0.477. The Labute approximate surface area is 145 Å². The maximum absolute atomic E-state index is 5.86. The molecule has 22 heavy (non-hydrogen) atoms. The first-order valence-corrected chi connectivity index (χ1v) is 7.93. The van der Waals surface area contributed by atoms with Crippen LogP contribution in [0.3, 0.4) is 0 Å². The molecule has 1 heterocycles. The minimum Gasteiger partial charge on any atom is -0.346 e. The van der Waals surface area contributed by atoms with Crippen molar-refractivity contribution in [2.75, 3.05) is 11.2 Å². The highest BCUT2D eigenvalue weighted by atomic mass is 35.5. The maximum Gasteiger partial charge on any atom is 0.112 e. The van der Waals surface area contributed by atoms with Crippen LogP contribution in [0.1, 0.15) is 18.2 Å². The van der Waals surface area contributed by atoms with Crippen LogP contribution in [0.25, 0.3) is 0 Å². The Hall–Kier alpha value is -1.63. The van der Waals surface area contributed by atoms with E-state index in [0.29, 0.717) is 15.9 Å². The zero-order valence-electron chi connectivity index (χ0n) is 11.9. The number of pyridine rings is 1. The Bertz CT molecular complexity index is 669. The van der Waals surface area contributed by atoms with Gasteiger partial charge in [-0.2, -0.15) is 17.7 Å². The van der Waals surface area contributed by atoms with Gasteiger partial charge in [-0.1, -0.05) is 23.8 Å². The summed E-state index contributed by atoms with van der Waals surface area (Å²) in [7, 11) is 0. The third-order valence-electron chi connectivity index (χ3n) is 2.82. The van der Waals surface area contributed by atoms with Gasteiger partial charge in [-0.25, -0.2) is 0 Å². The van der Waals surface area contributed by atoms with Crippen LogP contribution >= 0.6 is 36.4 Å². The van der Waals surface area contributed by atoms with E-state index >= 15 is 0 Å². The van der Waals surface area contributed by atoms with Crippen molar-refractivity contribution in [3.05, 3.63) is 58.9 Å². The Morgan fingerprint density at radius 3 is 2.59 bits per heavy atom. The summed E-state index contributed by atoms with van der Waals surface area (Å²) in [6, 6.07) is 11.1. The van der Waals surface area contributed by atoms with Crippen molar-refractivity contribution in [2.45, 2.75) is 6.92 Å². The van der Waals surface area contributed by atoms with Gasteiger partial charge in [0.2, 0.25) is 0 Å². The standard InChI is InChI=1S/C15H15ClN4S2/c1-10(20-18-9-21)14-7-2-11(8-17-14)15(22)19-13-5-3-12(16)4-6-13/h2-8,18,21H,9H2,1H3,(H,19,22). The van der Waals surface area contributed by atoms with Gasteiger partial charge >= 0.3 is 0 Å². The van der Waals surface area contributed by atoms with E-state index in [1.807, 2.05) is 43.3 Å². The number of nitrogens with zero attached hydrogens (tertiary/aromatic N) is 2. The summed E-state index contributed by atoms with van der Waals surface area (Å²) in [5, 5.41) is 7.97. The SMILES string of the molecule is CC(=NNCS)c1ccc(C(=S)Nc2ccc(Cl)cc2)cn1. The molecule has 0 radical (unpaired) electrons. The smallest absolute Gasteiger partial charge is 0.112 e. The predicted molar refractivity (Wildman–Crippen MR) is 100 cm³/mol. The monoisotopic (exact) mass is 350 g/mol. The van der Waals surface area contributed by atoms with E-state index in [1.165, 1.54) is 0 Å². The molecule has 7 heteroatoms. The molecule has 0 aliphatic rings. The van der Waals surface area contributed by atoms with E-state index in [-0.39, 0.29) is 0 Å². The first kappa shape index (κ1) is 16.7. The molecule has 0 saturated carbocycles. The van der Waals surface area contributed by atoms with Gasteiger partial charge in [0.1, 0.15) is 4.99 Å². The number of thiocarbonyl (C=S) groups is 1. The van der Waals surface area contributed by atoms with Gasteiger partial charge in [0.05, 0.1) is 17.3 Å². The Balaban J connectivity index is 2.06. The third kappa shape index (κ3) is 4.69. The molecule has 0 aliphatic heterocycles. The van der Waals surface area contributed by atoms with E-state index in [1.54, 1.807) is 6.20 Å². The fourth-order valence-corrected chi connectivity index (χ4v) is 2.13. The largest absolute Gasteiger partial charge is 0.346 e. The predicted octanol–water partition coefficient (Wildman–Crippen LogP) is 3.72. The molecule has 0 amide bonds. The summed E-state index contributed by atoms with van der Waals surface area (Å²) < 4.78 is 0. The lowest BCUT2D eigenvalue weighted by Crippen LogP contribution is -2.12. The van der Waals surface area contributed by atoms with Crippen LogP contribution in [0.15, 0.2) is 47.7 Å².